The van der Waals surface area contributed by atoms with Gasteiger partial charge in [-0.15, -0.1) is 0 Å². The standard InChI is InChI=1S/C15H21N3O2/c1-15(6-3-7-20-15)13(16)10-4-5-12-11(8-10)9-18(2)14(19)17-12/h4-5,8,13H,3,6-7,9,16H2,1-2H3,(H,17,19). The van der Waals surface area contributed by atoms with Crippen molar-refractivity contribution in [3.63, 3.8) is 0 Å². The largest absolute Gasteiger partial charge is 0.373 e. The van der Waals surface area contributed by atoms with E-state index in [1.807, 2.05) is 12.1 Å². The summed E-state index contributed by atoms with van der Waals surface area (Å²) in [5, 5.41) is 2.87. The first-order valence-corrected chi connectivity index (χ1v) is 7.04. The number of fused-ring (bicyclic) bond motifs is 1. The molecule has 2 aliphatic rings. The fourth-order valence-corrected chi connectivity index (χ4v) is 3.00. The number of nitrogens with two attached hydrogens (primary N) is 1. The van der Waals surface area contributed by atoms with Crippen molar-refractivity contribution >= 4 is 11.7 Å². The number of carbonyl (C=O) groups excluding carboxylic acids is 1. The Labute approximate surface area is 119 Å². The molecule has 0 radical (unpaired) electrons. The predicted octanol–water partition coefficient (Wildman–Crippen LogP) is 2.23. The first-order chi connectivity index (χ1) is 9.49. The van der Waals surface area contributed by atoms with Gasteiger partial charge in [-0.05, 0) is 37.0 Å². The lowest BCUT2D eigenvalue weighted by molar-refractivity contribution is -0.00175. The summed E-state index contributed by atoms with van der Waals surface area (Å²) < 4.78 is 5.83. The Morgan fingerprint density at radius 3 is 3.00 bits per heavy atom. The summed E-state index contributed by atoms with van der Waals surface area (Å²) in [6.45, 7) is 3.48. The smallest absolute Gasteiger partial charge is 0.321 e. The maximum atomic E-state index is 11.6. The zero-order valence-electron chi connectivity index (χ0n) is 12.0. The van der Waals surface area contributed by atoms with Crippen molar-refractivity contribution in [3.8, 4) is 0 Å². The third-order valence-corrected chi connectivity index (χ3v) is 4.39. The number of ether oxygens (including phenoxy) is 1. The molecule has 0 spiro atoms. The van der Waals surface area contributed by atoms with Crippen molar-refractivity contribution in [2.75, 3.05) is 19.0 Å². The van der Waals surface area contributed by atoms with Crippen LogP contribution in [0.5, 0.6) is 0 Å². The van der Waals surface area contributed by atoms with Crippen LogP contribution in [0.15, 0.2) is 18.2 Å². The SMILES string of the molecule is CN1Cc2cc(C(N)C3(C)CCCO3)ccc2NC1=O. The second kappa shape index (κ2) is 4.75. The number of hydrogen-bond acceptors (Lipinski definition) is 3. The van der Waals surface area contributed by atoms with E-state index in [9.17, 15) is 4.79 Å². The van der Waals surface area contributed by atoms with Gasteiger partial charge in [0.25, 0.3) is 0 Å². The fourth-order valence-electron chi connectivity index (χ4n) is 3.00. The van der Waals surface area contributed by atoms with Crippen molar-refractivity contribution in [3.05, 3.63) is 29.3 Å². The van der Waals surface area contributed by atoms with Gasteiger partial charge in [-0.25, -0.2) is 4.79 Å². The highest BCUT2D eigenvalue weighted by atomic mass is 16.5. The molecule has 108 valence electrons. The highest BCUT2D eigenvalue weighted by molar-refractivity contribution is 5.92. The monoisotopic (exact) mass is 275 g/mol. The van der Waals surface area contributed by atoms with E-state index in [0.29, 0.717) is 6.54 Å². The van der Waals surface area contributed by atoms with Crippen molar-refractivity contribution in [1.82, 2.24) is 4.90 Å². The Hall–Kier alpha value is -1.59. The lowest BCUT2D eigenvalue weighted by atomic mass is 9.87. The van der Waals surface area contributed by atoms with Crippen LogP contribution in [0.25, 0.3) is 0 Å². The summed E-state index contributed by atoms with van der Waals surface area (Å²) in [7, 11) is 1.78. The summed E-state index contributed by atoms with van der Waals surface area (Å²) in [5.74, 6) is 0. The van der Waals surface area contributed by atoms with Crippen LogP contribution in [-0.4, -0.2) is 30.2 Å². The molecule has 0 aliphatic carbocycles. The minimum absolute atomic E-state index is 0.0689. The highest BCUT2D eigenvalue weighted by Gasteiger charge is 2.37. The van der Waals surface area contributed by atoms with Crippen molar-refractivity contribution in [2.24, 2.45) is 5.73 Å². The predicted molar refractivity (Wildman–Crippen MR) is 77.4 cm³/mol. The Morgan fingerprint density at radius 1 is 1.50 bits per heavy atom. The summed E-state index contributed by atoms with van der Waals surface area (Å²) in [6, 6.07) is 5.80. The van der Waals surface area contributed by atoms with Crippen LogP contribution in [0.2, 0.25) is 0 Å². The highest BCUT2D eigenvalue weighted by Crippen LogP contribution is 2.37. The van der Waals surface area contributed by atoms with Gasteiger partial charge < -0.3 is 20.7 Å². The lowest BCUT2D eigenvalue weighted by Crippen LogP contribution is -2.38. The molecule has 3 N–H and O–H groups in total. The maximum Gasteiger partial charge on any atom is 0.321 e. The number of urea groups is 1. The molecule has 1 fully saturated rings. The molecule has 5 heteroatoms. The third kappa shape index (κ3) is 2.17. The van der Waals surface area contributed by atoms with Gasteiger partial charge in [-0.2, -0.15) is 0 Å². The van der Waals surface area contributed by atoms with Crippen LogP contribution in [0.4, 0.5) is 10.5 Å². The number of hydrogen-bond donors (Lipinski definition) is 2. The molecule has 1 saturated heterocycles. The molecule has 3 rings (SSSR count). The van der Waals surface area contributed by atoms with E-state index in [1.165, 1.54) is 0 Å². The first kappa shape index (κ1) is 13.4. The van der Waals surface area contributed by atoms with Gasteiger partial charge in [0.1, 0.15) is 0 Å². The number of benzene rings is 1. The van der Waals surface area contributed by atoms with Gasteiger partial charge in [0.05, 0.1) is 11.6 Å². The zero-order chi connectivity index (χ0) is 14.3. The third-order valence-electron chi connectivity index (χ3n) is 4.39. The van der Waals surface area contributed by atoms with Gasteiger partial charge in [-0.1, -0.05) is 12.1 Å². The second-order valence-corrected chi connectivity index (χ2v) is 5.95. The molecule has 1 aromatic rings. The van der Waals surface area contributed by atoms with Crippen molar-refractivity contribution in [1.29, 1.82) is 0 Å². The number of anilines is 1. The van der Waals surface area contributed by atoms with E-state index in [0.717, 1.165) is 36.3 Å². The van der Waals surface area contributed by atoms with E-state index in [1.54, 1.807) is 11.9 Å². The minimum atomic E-state index is -0.280. The molecule has 1 aromatic carbocycles. The number of amides is 2. The summed E-state index contributed by atoms with van der Waals surface area (Å²) in [4.78, 5) is 13.3. The van der Waals surface area contributed by atoms with E-state index < -0.39 is 0 Å². The molecule has 0 aromatic heterocycles. The topological polar surface area (TPSA) is 67.6 Å². The molecule has 0 bridgehead atoms. The second-order valence-electron chi connectivity index (χ2n) is 5.95. The van der Waals surface area contributed by atoms with E-state index in [4.69, 9.17) is 10.5 Å². The molecule has 2 amide bonds. The van der Waals surface area contributed by atoms with Gasteiger partial charge in [0, 0.05) is 25.9 Å². The average Bonchev–Trinajstić information content (AvgIpc) is 2.87. The Morgan fingerprint density at radius 2 is 2.30 bits per heavy atom. The fraction of sp³-hybridized carbons (Fsp3) is 0.533. The van der Waals surface area contributed by atoms with E-state index in [2.05, 4.69) is 18.3 Å². The van der Waals surface area contributed by atoms with Gasteiger partial charge in [0.2, 0.25) is 0 Å². The van der Waals surface area contributed by atoms with Crippen molar-refractivity contribution in [2.45, 2.75) is 38.0 Å². The molecular formula is C15H21N3O2. The average molecular weight is 275 g/mol. The lowest BCUT2D eigenvalue weighted by Gasteiger charge is -2.32. The number of nitrogens with zero attached hydrogens (tertiary/aromatic N) is 1. The molecule has 2 aliphatic heterocycles. The number of nitrogens with one attached hydrogen (secondary N) is 1. The normalized spacial score (nSPS) is 27.1. The van der Waals surface area contributed by atoms with Crippen LogP contribution < -0.4 is 11.1 Å². The van der Waals surface area contributed by atoms with Crippen LogP contribution >= 0.6 is 0 Å². The first-order valence-electron chi connectivity index (χ1n) is 7.04. The zero-order valence-corrected chi connectivity index (χ0v) is 12.0. The molecule has 2 unspecified atom stereocenters. The van der Waals surface area contributed by atoms with Gasteiger partial charge in [0.15, 0.2) is 0 Å². The molecule has 2 atom stereocenters. The van der Waals surface area contributed by atoms with Gasteiger partial charge >= 0.3 is 6.03 Å². The quantitative estimate of drug-likeness (QED) is 0.869. The molecule has 5 nitrogen and oxygen atoms in total. The number of carbonyl (C=O) groups is 1. The Bertz CT molecular complexity index is 538. The van der Waals surface area contributed by atoms with Crippen LogP contribution in [0.1, 0.15) is 36.9 Å². The molecule has 2 heterocycles. The molecular weight excluding hydrogens is 254 g/mol. The maximum absolute atomic E-state index is 11.6. The van der Waals surface area contributed by atoms with Crippen LogP contribution in [0.3, 0.4) is 0 Å². The molecule has 20 heavy (non-hydrogen) atoms. The summed E-state index contributed by atoms with van der Waals surface area (Å²) >= 11 is 0. The Kier molecular flexibility index (Phi) is 3.18. The van der Waals surface area contributed by atoms with Crippen molar-refractivity contribution < 1.29 is 9.53 Å². The van der Waals surface area contributed by atoms with Crippen LogP contribution in [0, 0.1) is 0 Å². The minimum Gasteiger partial charge on any atom is -0.373 e. The van der Waals surface area contributed by atoms with E-state index in [-0.39, 0.29) is 17.7 Å². The van der Waals surface area contributed by atoms with Gasteiger partial charge in [-0.3, -0.25) is 0 Å². The summed E-state index contributed by atoms with van der Waals surface area (Å²) in [6.07, 6.45) is 2.05. The molecule has 0 saturated carbocycles. The summed E-state index contributed by atoms with van der Waals surface area (Å²) in [5.41, 5.74) is 9.17. The van der Waals surface area contributed by atoms with E-state index >= 15 is 0 Å². The van der Waals surface area contributed by atoms with Crippen LogP contribution in [-0.2, 0) is 11.3 Å². The Balaban J connectivity index is 1.89. The number of rotatable bonds is 2.